The number of hydrogen-bond acceptors (Lipinski definition) is 5. The molecular weight excluding hydrogens is 284 g/mol. The molecule has 0 saturated carbocycles. The summed E-state index contributed by atoms with van der Waals surface area (Å²) in [5.41, 5.74) is 0. The van der Waals surface area contributed by atoms with Gasteiger partial charge in [-0.25, -0.2) is 8.42 Å². The molecule has 0 aromatic carbocycles. The highest BCUT2D eigenvalue weighted by molar-refractivity contribution is 7.91. The van der Waals surface area contributed by atoms with Gasteiger partial charge in [-0.15, -0.1) is 0 Å². The van der Waals surface area contributed by atoms with Crippen LogP contribution in [0.4, 0.5) is 0 Å². The second-order valence-corrected chi connectivity index (χ2v) is 8.01. The first-order valence-electron chi connectivity index (χ1n) is 6.72. The number of amides is 1. The quantitative estimate of drug-likeness (QED) is 0.686. The molecule has 0 aliphatic carbocycles. The lowest BCUT2D eigenvalue weighted by atomic mass is 9.99. The normalized spacial score (nSPS) is 33.1. The average Bonchev–Trinajstić information content (AvgIpc) is 2.81. The molecule has 1 unspecified atom stereocenters. The smallest absolute Gasteiger partial charge is 0.308 e. The van der Waals surface area contributed by atoms with Crippen molar-refractivity contribution in [1.82, 2.24) is 10.2 Å². The predicted octanol–water partition coefficient (Wildman–Crippen LogP) is -1.06. The van der Waals surface area contributed by atoms with Crippen LogP contribution >= 0.6 is 0 Å². The molecule has 3 atom stereocenters. The van der Waals surface area contributed by atoms with Gasteiger partial charge in [0.15, 0.2) is 9.84 Å². The van der Waals surface area contributed by atoms with Gasteiger partial charge in [0.25, 0.3) is 0 Å². The van der Waals surface area contributed by atoms with Crippen molar-refractivity contribution in [3.63, 3.8) is 0 Å². The third kappa shape index (κ3) is 3.69. The fraction of sp³-hybridized carbons (Fsp3) is 0.833. The summed E-state index contributed by atoms with van der Waals surface area (Å²) < 4.78 is 22.6. The molecule has 0 aromatic rings. The van der Waals surface area contributed by atoms with E-state index >= 15 is 0 Å². The molecule has 2 heterocycles. The van der Waals surface area contributed by atoms with Crippen LogP contribution in [0.15, 0.2) is 0 Å². The zero-order valence-electron chi connectivity index (χ0n) is 11.4. The lowest BCUT2D eigenvalue weighted by Crippen LogP contribution is -2.42. The van der Waals surface area contributed by atoms with Crippen LogP contribution < -0.4 is 5.32 Å². The van der Waals surface area contributed by atoms with Crippen molar-refractivity contribution < 1.29 is 23.1 Å². The summed E-state index contributed by atoms with van der Waals surface area (Å²) in [5, 5.41) is 11.7. The first-order valence-corrected chi connectivity index (χ1v) is 8.54. The molecule has 2 N–H and O–H groups in total. The maximum Gasteiger partial charge on any atom is 0.308 e. The minimum Gasteiger partial charge on any atom is -0.481 e. The Balaban J connectivity index is 1.80. The molecule has 0 bridgehead atoms. The van der Waals surface area contributed by atoms with E-state index in [1.54, 1.807) is 0 Å². The molecule has 2 saturated heterocycles. The minimum absolute atomic E-state index is 0.00684. The summed E-state index contributed by atoms with van der Waals surface area (Å²) in [6.45, 7) is 2.94. The van der Waals surface area contributed by atoms with Crippen molar-refractivity contribution in [3.05, 3.63) is 0 Å². The molecule has 0 radical (unpaired) electrons. The zero-order chi connectivity index (χ0) is 14.9. The second kappa shape index (κ2) is 5.69. The van der Waals surface area contributed by atoms with Crippen molar-refractivity contribution in [1.29, 1.82) is 0 Å². The molecule has 0 aromatic heterocycles. The van der Waals surface area contributed by atoms with E-state index in [0.29, 0.717) is 19.5 Å². The van der Waals surface area contributed by atoms with Gasteiger partial charge in [0, 0.05) is 19.1 Å². The minimum atomic E-state index is -3.00. The van der Waals surface area contributed by atoms with E-state index in [0.717, 1.165) is 0 Å². The molecule has 2 aliphatic rings. The van der Waals surface area contributed by atoms with Crippen molar-refractivity contribution in [2.24, 2.45) is 11.8 Å². The Hall–Kier alpha value is -1.15. The van der Waals surface area contributed by atoms with E-state index in [4.69, 9.17) is 5.11 Å². The molecule has 8 heteroatoms. The fourth-order valence-electron chi connectivity index (χ4n) is 2.90. The summed E-state index contributed by atoms with van der Waals surface area (Å²) >= 11 is 0. The molecular formula is C12H20N2O5S. The number of sulfone groups is 1. The predicted molar refractivity (Wildman–Crippen MR) is 71.9 cm³/mol. The number of nitrogens with zero attached hydrogens (tertiary/aromatic N) is 1. The lowest BCUT2D eigenvalue weighted by molar-refractivity contribution is -0.142. The molecule has 7 nitrogen and oxygen atoms in total. The summed E-state index contributed by atoms with van der Waals surface area (Å²) in [6, 6.07) is -0.303. The Bertz CT molecular complexity index is 504. The van der Waals surface area contributed by atoms with Gasteiger partial charge in [-0.1, -0.05) is 6.92 Å². The average molecular weight is 304 g/mol. The maximum atomic E-state index is 11.9. The molecule has 0 spiro atoms. The monoisotopic (exact) mass is 304 g/mol. The number of carboxylic acids is 1. The fourth-order valence-corrected chi connectivity index (χ4v) is 4.58. The van der Waals surface area contributed by atoms with Crippen molar-refractivity contribution in [2.45, 2.75) is 19.4 Å². The third-order valence-electron chi connectivity index (χ3n) is 3.97. The van der Waals surface area contributed by atoms with Crippen molar-refractivity contribution >= 4 is 21.7 Å². The largest absolute Gasteiger partial charge is 0.481 e. The molecule has 1 amide bonds. The van der Waals surface area contributed by atoms with Gasteiger partial charge in [0.05, 0.1) is 24.0 Å². The number of hydrogen-bond donors (Lipinski definition) is 2. The first kappa shape index (κ1) is 15.2. The Morgan fingerprint density at radius 2 is 2.05 bits per heavy atom. The van der Waals surface area contributed by atoms with E-state index in [1.807, 2.05) is 11.8 Å². The van der Waals surface area contributed by atoms with Gasteiger partial charge >= 0.3 is 5.97 Å². The van der Waals surface area contributed by atoms with E-state index in [-0.39, 0.29) is 35.9 Å². The summed E-state index contributed by atoms with van der Waals surface area (Å²) in [5.74, 6) is -1.35. The van der Waals surface area contributed by atoms with Crippen LogP contribution in [0, 0.1) is 11.8 Å². The van der Waals surface area contributed by atoms with E-state index in [2.05, 4.69) is 5.32 Å². The highest BCUT2D eigenvalue weighted by Crippen LogP contribution is 2.22. The Labute approximate surface area is 118 Å². The number of carboxylic acid groups (broad SMARTS) is 1. The topological polar surface area (TPSA) is 104 Å². The number of carbonyl (C=O) groups is 2. The number of carbonyl (C=O) groups excluding carboxylic acids is 1. The number of likely N-dealkylation sites (tertiary alicyclic amines) is 1. The lowest BCUT2D eigenvalue weighted by Gasteiger charge is -2.17. The number of aliphatic carboxylic acids is 1. The van der Waals surface area contributed by atoms with Crippen LogP contribution in [0.2, 0.25) is 0 Å². The molecule has 2 aliphatic heterocycles. The zero-order valence-corrected chi connectivity index (χ0v) is 12.2. The molecule has 2 fully saturated rings. The summed E-state index contributed by atoms with van der Waals surface area (Å²) in [6.07, 6.45) is 0.461. The SMILES string of the molecule is C[C@@H]1CN(CC(=O)NC2CCS(=O)(=O)C2)C[C@H]1C(=O)O. The van der Waals surface area contributed by atoms with Crippen LogP contribution in [-0.4, -0.2) is 67.5 Å². The van der Waals surface area contributed by atoms with E-state index in [9.17, 15) is 18.0 Å². The Morgan fingerprint density at radius 3 is 2.55 bits per heavy atom. The van der Waals surface area contributed by atoms with E-state index in [1.165, 1.54) is 0 Å². The summed E-state index contributed by atoms with van der Waals surface area (Å²) in [7, 11) is -3.00. The number of rotatable bonds is 4. The molecule has 2 rings (SSSR count). The Kier molecular flexibility index (Phi) is 4.33. The van der Waals surface area contributed by atoms with Gasteiger partial charge in [0.1, 0.15) is 0 Å². The first-order chi connectivity index (χ1) is 9.27. The molecule has 114 valence electrons. The van der Waals surface area contributed by atoms with Crippen molar-refractivity contribution in [2.75, 3.05) is 31.1 Å². The maximum absolute atomic E-state index is 11.9. The van der Waals surface area contributed by atoms with Crippen LogP contribution in [0.5, 0.6) is 0 Å². The van der Waals surface area contributed by atoms with Crippen molar-refractivity contribution in [3.8, 4) is 0 Å². The van der Waals surface area contributed by atoms with Crippen LogP contribution in [0.3, 0.4) is 0 Å². The number of nitrogens with one attached hydrogen (secondary N) is 1. The van der Waals surface area contributed by atoms with Gasteiger partial charge in [-0.05, 0) is 12.3 Å². The second-order valence-electron chi connectivity index (χ2n) is 5.78. The highest BCUT2D eigenvalue weighted by atomic mass is 32.2. The standard InChI is InChI=1S/C12H20N2O5S/c1-8-4-14(5-10(8)12(16)17)6-11(15)13-9-2-3-20(18,19)7-9/h8-10H,2-7H2,1H3,(H,13,15)(H,16,17)/t8-,9?,10-/m1/s1. The van der Waals surface area contributed by atoms with Gasteiger partial charge in [-0.3, -0.25) is 14.5 Å². The van der Waals surface area contributed by atoms with E-state index < -0.39 is 21.7 Å². The van der Waals surface area contributed by atoms with Gasteiger partial charge in [-0.2, -0.15) is 0 Å². The van der Waals surface area contributed by atoms with Gasteiger partial charge < -0.3 is 10.4 Å². The third-order valence-corrected chi connectivity index (χ3v) is 5.74. The molecule has 20 heavy (non-hydrogen) atoms. The van der Waals surface area contributed by atoms with Crippen LogP contribution in [-0.2, 0) is 19.4 Å². The highest BCUT2D eigenvalue weighted by Gasteiger charge is 2.36. The summed E-state index contributed by atoms with van der Waals surface area (Å²) in [4.78, 5) is 24.7. The van der Waals surface area contributed by atoms with Crippen LogP contribution in [0.1, 0.15) is 13.3 Å². The van der Waals surface area contributed by atoms with Gasteiger partial charge in [0.2, 0.25) is 5.91 Å². The Morgan fingerprint density at radius 1 is 1.35 bits per heavy atom. The van der Waals surface area contributed by atoms with Crippen LogP contribution in [0.25, 0.3) is 0 Å².